The van der Waals surface area contributed by atoms with Crippen molar-refractivity contribution in [2.45, 2.75) is 90.8 Å². The van der Waals surface area contributed by atoms with E-state index in [-0.39, 0.29) is 12.2 Å². The lowest BCUT2D eigenvalue weighted by atomic mass is 9.87. The molecule has 21 heavy (non-hydrogen) atoms. The Bertz CT molecular complexity index is 323. The van der Waals surface area contributed by atoms with E-state index in [1.54, 1.807) is 0 Å². The third-order valence-corrected chi connectivity index (χ3v) is 5.13. The minimum Gasteiger partial charge on any atom is -0.326 e. The molecule has 122 valence electrons. The van der Waals surface area contributed by atoms with Crippen LogP contribution in [0.2, 0.25) is 0 Å². The van der Waals surface area contributed by atoms with E-state index < -0.39 is 0 Å². The molecular weight excluding hydrogens is 260 g/mol. The first kappa shape index (κ1) is 16.8. The molecule has 2 fully saturated rings. The van der Waals surface area contributed by atoms with Crippen molar-refractivity contribution in [1.29, 1.82) is 0 Å². The summed E-state index contributed by atoms with van der Waals surface area (Å²) in [5, 5.41) is 3.59. The summed E-state index contributed by atoms with van der Waals surface area (Å²) in [6, 6.07) is 0.0742. The van der Waals surface area contributed by atoms with Gasteiger partial charge < -0.3 is 4.90 Å². The molecule has 1 saturated heterocycles. The fourth-order valence-electron chi connectivity index (χ4n) is 3.95. The van der Waals surface area contributed by atoms with Gasteiger partial charge in [-0.25, -0.2) is 0 Å². The molecule has 0 aromatic rings. The molecule has 1 amide bonds. The SMILES string of the molecule is CCCC1NC(CC(C)C)N(CCC2CCCCC2)C1=O. The first-order chi connectivity index (χ1) is 10.1. The number of carbonyl (C=O) groups is 1. The number of hydrogen-bond acceptors (Lipinski definition) is 2. The van der Waals surface area contributed by atoms with Crippen molar-refractivity contribution < 1.29 is 4.79 Å². The summed E-state index contributed by atoms with van der Waals surface area (Å²) in [5.41, 5.74) is 0. The molecule has 1 N–H and O–H groups in total. The van der Waals surface area contributed by atoms with Crippen LogP contribution >= 0.6 is 0 Å². The third-order valence-electron chi connectivity index (χ3n) is 5.13. The summed E-state index contributed by atoms with van der Waals surface area (Å²) in [6.45, 7) is 7.63. The van der Waals surface area contributed by atoms with Crippen molar-refractivity contribution in [3.63, 3.8) is 0 Å². The van der Waals surface area contributed by atoms with Gasteiger partial charge in [-0.05, 0) is 31.1 Å². The average molecular weight is 294 g/mol. The fourth-order valence-corrected chi connectivity index (χ4v) is 3.95. The lowest BCUT2D eigenvalue weighted by Gasteiger charge is -2.28. The standard InChI is InChI=1S/C18H34N2O/c1-4-8-16-18(21)20(17(19-16)13-14(2)3)12-11-15-9-6-5-7-10-15/h14-17,19H,4-13H2,1-3H3. The highest BCUT2D eigenvalue weighted by Gasteiger charge is 2.38. The van der Waals surface area contributed by atoms with Crippen LogP contribution in [0.15, 0.2) is 0 Å². The molecule has 3 nitrogen and oxygen atoms in total. The van der Waals surface area contributed by atoms with Crippen LogP contribution in [0, 0.1) is 11.8 Å². The predicted molar refractivity (Wildman–Crippen MR) is 88.0 cm³/mol. The molecular formula is C18H34N2O. The van der Waals surface area contributed by atoms with Crippen LogP contribution in [0.4, 0.5) is 0 Å². The van der Waals surface area contributed by atoms with E-state index in [1.165, 1.54) is 38.5 Å². The Morgan fingerprint density at radius 3 is 2.52 bits per heavy atom. The van der Waals surface area contributed by atoms with Crippen molar-refractivity contribution in [3.05, 3.63) is 0 Å². The second-order valence-electron chi connectivity index (χ2n) is 7.48. The number of nitrogens with one attached hydrogen (secondary N) is 1. The van der Waals surface area contributed by atoms with E-state index in [0.717, 1.165) is 31.7 Å². The van der Waals surface area contributed by atoms with Gasteiger partial charge in [-0.1, -0.05) is 59.3 Å². The number of nitrogens with zero attached hydrogens (tertiary/aromatic N) is 1. The van der Waals surface area contributed by atoms with Crippen LogP contribution in [-0.4, -0.2) is 29.6 Å². The van der Waals surface area contributed by atoms with Gasteiger partial charge in [0.15, 0.2) is 0 Å². The molecule has 0 radical (unpaired) electrons. The highest BCUT2D eigenvalue weighted by molar-refractivity contribution is 5.84. The van der Waals surface area contributed by atoms with E-state index in [0.29, 0.717) is 11.8 Å². The molecule has 0 spiro atoms. The zero-order valence-corrected chi connectivity index (χ0v) is 14.2. The minimum absolute atomic E-state index is 0.0742. The molecule has 1 saturated carbocycles. The second kappa shape index (κ2) is 8.17. The molecule has 1 aliphatic carbocycles. The summed E-state index contributed by atoms with van der Waals surface area (Å²) in [6.07, 6.45) is 11.6. The van der Waals surface area contributed by atoms with Gasteiger partial charge in [0.25, 0.3) is 0 Å². The summed E-state index contributed by atoms with van der Waals surface area (Å²) in [7, 11) is 0. The Morgan fingerprint density at radius 2 is 1.90 bits per heavy atom. The molecule has 0 bridgehead atoms. The maximum atomic E-state index is 12.6. The normalized spacial score (nSPS) is 27.8. The average Bonchev–Trinajstić information content (AvgIpc) is 2.74. The van der Waals surface area contributed by atoms with Gasteiger partial charge >= 0.3 is 0 Å². The zero-order valence-electron chi connectivity index (χ0n) is 14.2. The molecule has 2 rings (SSSR count). The van der Waals surface area contributed by atoms with Crippen LogP contribution in [0.3, 0.4) is 0 Å². The second-order valence-corrected chi connectivity index (χ2v) is 7.48. The van der Waals surface area contributed by atoms with Crippen LogP contribution in [0.25, 0.3) is 0 Å². The van der Waals surface area contributed by atoms with Crippen LogP contribution in [0.5, 0.6) is 0 Å². The van der Waals surface area contributed by atoms with Crippen LogP contribution < -0.4 is 5.32 Å². The molecule has 2 unspecified atom stereocenters. The van der Waals surface area contributed by atoms with Gasteiger partial charge in [0.1, 0.15) is 0 Å². The molecule has 0 aromatic carbocycles. The first-order valence-electron chi connectivity index (χ1n) is 9.18. The topological polar surface area (TPSA) is 32.3 Å². The van der Waals surface area contributed by atoms with Gasteiger partial charge in [-0.15, -0.1) is 0 Å². The maximum absolute atomic E-state index is 12.6. The van der Waals surface area contributed by atoms with Gasteiger partial charge in [0.2, 0.25) is 5.91 Å². The molecule has 1 heterocycles. The highest BCUT2D eigenvalue weighted by atomic mass is 16.2. The number of amides is 1. The van der Waals surface area contributed by atoms with Gasteiger partial charge in [0, 0.05) is 6.54 Å². The van der Waals surface area contributed by atoms with E-state index in [2.05, 4.69) is 31.0 Å². The Balaban J connectivity index is 1.90. The Morgan fingerprint density at radius 1 is 1.19 bits per heavy atom. The van der Waals surface area contributed by atoms with Crippen molar-refractivity contribution >= 4 is 5.91 Å². The Labute approximate surface area is 130 Å². The largest absolute Gasteiger partial charge is 0.326 e. The van der Waals surface area contributed by atoms with E-state index in [9.17, 15) is 4.79 Å². The van der Waals surface area contributed by atoms with Crippen molar-refractivity contribution in [3.8, 4) is 0 Å². The third kappa shape index (κ3) is 4.70. The summed E-state index contributed by atoms with van der Waals surface area (Å²) < 4.78 is 0. The smallest absolute Gasteiger partial charge is 0.241 e. The quantitative estimate of drug-likeness (QED) is 0.771. The molecule has 2 aliphatic rings. The number of carbonyl (C=O) groups excluding carboxylic acids is 1. The molecule has 0 aromatic heterocycles. The van der Waals surface area contributed by atoms with Crippen LogP contribution in [-0.2, 0) is 4.79 Å². The van der Waals surface area contributed by atoms with Gasteiger partial charge in [0.05, 0.1) is 12.2 Å². The first-order valence-corrected chi connectivity index (χ1v) is 9.18. The Kier molecular flexibility index (Phi) is 6.53. The van der Waals surface area contributed by atoms with E-state index in [1.807, 2.05) is 0 Å². The van der Waals surface area contributed by atoms with Crippen molar-refractivity contribution in [1.82, 2.24) is 10.2 Å². The number of rotatable bonds is 7. The number of hydrogen-bond donors (Lipinski definition) is 1. The van der Waals surface area contributed by atoms with Crippen molar-refractivity contribution in [2.75, 3.05) is 6.54 Å². The lowest BCUT2D eigenvalue weighted by Crippen LogP contribution is -2.39. The van der Waals surface area contributed by atoms with Crippen LogP contribution in [0.1, 0.15) is 78.6 Å². The predicted octanol–water partition coefficient (Wildman–Crippen LogP) is 3.93. The molecule has 1 aliphatic heterocycles. The minimum atomic E-state index is 0.0742. The van der Waals surface area contributed by atoms with E-state index in [4.69, 9.17) is 0 Å². The Hall–Kier alpha value is -0.570. The monoisotopic (exact) mass is 294 g/mol. The summed E-state index contributed by atoms with van der Waals surface area (Å²) in [5.74, 6) is 1.85. The molecule has 3 heteroatoms. The summed E-state index contributed by atoms with van der Waals surface area (Å²) >= 11 is 0. The molecule has 2 atom stereocenters. The lowest BCUT2D eigenvalue weighted by molar-refractivity contribution is -0.130. The zero-order chi connectivity index (χ0) is 15.2. The van der Waals surface area contributed by atoms with Gasteiger partial charge in [-0.3, -0.25) is 10.1 Å². The highest BCUT2D eigenvalue weighted by Crippen LogP contribution is 2.28. The maximum Gasteiger partial charge on any atom is 0.241 e. The van der Waals surface area contributed by atoms with E-state index >= 15 is 0 Å². The van der Waals surface area contributed by atoms with Crippen molar-refractivity contribution in [2.24, 2.45) is 11.8 Å². The fraction of sp³-hybridized carbons (Fsp3) is 0.944. The summed E-state index contributed by atoms with van der Waals surface area (Å²) in [4.78, 5) is 14.8. The van der Waals surface area contributed by atoms with Gasteiger partial charge in [-0.2, -0.15) is 0 Å².